The molecule has 0 bridgehead atoms. The van der Waals surface area contributed by atoms with Crippen LogP contribution in [-0.2, 0) is 0 Å². The minimum atomic E-state index is 0.0278. The van der Waals surface area contributed by atoms with E-state index in [9.17, 15) is 0 Å². The zero-order valence-electron chi connectivity index (χ0n) is 19.3. The molecular weight excluding hydrogens is 432 g/mol. The van der Waals surface area contributed by atoms with Gasteiger partial charge < -0.3 is 0 Å². The third-order valence-corrected chi connectivity index (χ3v) is 6.21. The Labute approximate surface area is 203 Å². The van der Waals surface area contributed by atoms with Crippen molar-refractivity contribution in [1.29, 1.82) is 0 Å². The van der Waals surface area contributed by atoms with Crippen molar-refractivity contribution < 1.29 is 0 Å². The summed E-state index contributed by atoms with van der Waals surface area (Å²) < 4.78 is 5.91. The lowest BCUT2D eigenvalue weighted by Gasteiger charge is -2.16. The van der Waals surface area contributed by atoms with Gasteiger partial charge in [-0.2, -0.15) is 10.2 Å². The monoisotopic (exact) mass is 456 g/mol. The lowest BCUT2D eigenvalue weighted by molar-refractivity contribution is 0.784. The van der Waals surface area contributed by atoms with Gasteiger partial charge in [-0.15, -0.1) is 0 Å². The normalized spacial score (nSPS) is 12.0. The summed E-state index contributed by atoms with van der Waals surface area (Å²) in [6, 6.07) is 33.1. The van der Waals surface area contributed by atoms with Crippen LogP contribution < -0.4 is 0 Å². The van der Waals surface area contributed by atoms with Crippen molar-refractivity contribution in [2.45, 2.75) is 12.8 Å². The average molecular weight is 457 g/mol. The Kier molecular flexibility index (Phi) is 5.31. The Morgan fingerprint density at radius 2 is 1.31 bits per heavy atom. The van der Waals surface area contributed by atoms with Gasteiger partial charge in [-0.05, 0) is 42.0 Å². The van der Waals surface area contributed by atoms with Crippen LogP contribution in [0, 0.1) is 0 Å². The summed E-state index contributed by atoms with van der Waals surface area (Å²) in [5.74, 6) is 0.783. The molecule has 0 aliphatic rings. The molecule has 0 aliphatic heterocycles. The number of aromatic nitrogens is 6. The summed E-state index contributed by atoms with van der Waals surface area (Å²) in [5, 5.41) is 8.92. The van der Waals surface area contributed by atoms with Gasteiger partial charge in [0.2, 0.25) is 5.95 Å². The molecule has 6 aromatic rings. The van der Waals surface area contributed by atoms with Gasteiger partial charge in [0.05, 0.1) is 17.1 Å². The van der Waals surface area contributed by atoms with E-state index in [0.29, 0.717) is 0 Å². The van der Waals surface area contributed by atoms with Crippen LogP contribution in [0.5, 0.6) is 0 Å². The van der Waals surface area contributed by atoms with Crippen LogP contribution in [-0.4, -0.2) is 29.1 Å². The van der Waals surface area contributed by atoms with Gasteiger partial charge in [-0.3, -0.25) is 4.57 Å². The molecule has 0 saturated heterocycles. The molecular formula is C29H24N6. The highest BCUT2D eigenvalue weighted by molar-refractivity contribution is 5.69. The highest BCUT2D eigenvalue weighted by atomic mass is 15.4. The van der Waals surface area contributed by atoms with Gasteiger partial charge in [-0.25, -0.2) is 14.3 Å². The van der Waals surface area contributed by atoms with Gasteiger partial charge in [0.1, 0.15) is 0 Å². The van der Waals surface area contributed by atoms with E-state index < -0.39 is 0 Å². The highest BCUT2D eigenvalue weighted by Gasteiger charge is 2.26. The zero-order valence-corrected chi connectivity index (χ0v) is 19.3. The Hall–Kier alpha value is -4.71. The summed E-state index contributed by atoms with van der Waals surface area (Å²) in [5.41, 5.74) is 6.37. The smallest absolute Gasteiger partial charge is 0.236 e. The van der Waals surface area contributed by atoms with Crippen LogP contribution in [0.3, 0.4) is 0 Å². The summed E-state index contributed by atoms with van der Waals surface area (Å²) in [4.78, 5) is 5.22. The first-order chi connectivity index (χ1) is 17.3. The van der Waals surface area contributed by atoms with Crippen LogP contribution in [0.25, 0.3) is 28.6 Å². The van der Waals surface area contributed by atoms with E-state index in [1.165, 1.54) is 5.56 Å². The second-order valence-corrected chi connectivity index (χ2v) is 8.40. The molecule has 3 heterocycles. The van der Waals surface area contributed by atoms with Crippen LogP contribution in [0.15, 0.2) is 122 Å². The van der Waals surface area contributed by atoms with Crippen molar-refractivity contribution in [3.63, 3.8) is 0 Å². The minimum absolute atomic E-state index is 0.0278. The predicted octanol–water partition coefficient (Wildman–Crippen LogP) is 6.06. The Balaban J connectivity index is 1.59. The third kappa shape index (κ3) is 3.85. The van der Waals surface area contributed by atoms with Crippen molar-refractivity contribution in [3.05, 3.63) is 133 Å². The molecule has 35 heavy (non-hydrogen) atoms. The standard InChI is InChI=1S/C29H24N6/c1-22(24-13-8-16-26(21-24)33-19-9-17-30-33)27-28(23-11-4-2-5-12-23)35(25-14-6-3-7-15-25)29(32-27)34-20-10-18-31-34/h2-22H,1H3. The number of para-hydroxylation sites is 1. The fourth-order valence-corrected chi connectivity index (χ4v) is 4.48. The molecule has 1 unspecified atom stereocenters. The summed E-state index contributed by atoms with van der Waals surface area (Å²) in [6.07, 6.45) is 7.47. The van der Waals surface area contributed by atoms with Gasteiger partial charge in [0, 0.05) is 42.0 Å². The molecule has 6 heteroatoms. The van der Waals surface area contributed by atoms with Crippen molar-refractivity contribution in [2.24, 2.45) is 0 Å². The van der Waals surface area contributed by atoms with E-state index >= 15 is 0 Å². The molecule has 0 N–H and O–H groups in total. The first-order valence-electron chi connectivity index (χ1n) is 11.6. The molecule has 0 saturated carbocycles. The van der Waals surface area contributed by atoms with Gasteiger partial charge >= 0.3 is 0 Å². The van der Waals surface area contributed by atoms with Crippen molar-refractivity contribution >= 4 is 0 Å². The maximum atomic E-state index is 5.22. The summed E-state index contributed by atoms with van der Waals surface area (Å²) in [7, 11) is 0. The average Bonchev–Trinajstić information content (AvgIpc) is 3.70. The van der Waals surface area contributed by atoms with E-state index in [0.717, 1.165) is 34.3 Å². The van der Waals surface area contributed by atoms with Gasteiger partial charge in [0.25, 0.3) is 0 Å². The molecule has 0 fully saturated rings. The number of hydrogen-bond acceptors (Lipinski definition) is 3. The van der Waals surface area contributed by atoms with Gasteiger partial charge in [-0.1, -0.05) is 67.6 Å². The first-order valence-corrected chi connectivity index (χ1v) is 11.6. The maximum absolute atomic E-state index is 5.22. The van der Waals surface area contributed by atoms with Crippen LogP contribution in [0.2, 0.25) is 0 Å². The molecule has 1 atom stereocenters. The zero-order chi connectivity index (χ0) is 23.6. The minimum Gasteiger partial charge on any atom is -0.277 e. The highest BCUT2D eigenvalue weighted by Crippen LogP contribution is 2.37. The number of benzene rings is 3. The third-order valence-electron chi connectivity index (χ3n) is 6.21. The molecule has 3 aromatic heterocycles. The van der Waals surface area contributed by atoms with E-state index in [1.807, 2.05) is 58.2 Å². The van der Waals surface area contributed by atoms with E-state index in [1.54, 1.807) is 12.4 Å². The SMILES string of the molecule is CC(c1cccc(-n2cccn2)c1)c1nc(-n2cccn2)n(-c2ccccc2)c1-c1ccccc1. The first kappa shape index (κ1) is 20.9. The Morgan fingerprint density at radius 1 is 0.657 bits per heavy atom. The molecule has 6 nitrogen and oxygen atoms in total. The predicted molar refractivity (Wildman–Crippen MR) is 137 cm³/mol. The van der Waals surface area contributed by atoms with Crippen LogP contribution in [0.1, 0.15) is 24.1 Å². The number of imidazole rings is 1. The molecule has 0 amide bonds. The summed E-state index contributed by atoms with van der Waals surface area (Å²) in [6.45, 7) is 2.21. The second-order valence-electron chi connectivity index (χ2n) is 8.40. The van der Waals surface area contributed by atoms with E-state index in [-0.39, 0.29) is 5.92 Å². The quantitative estimate of drug-likeness (QED) is 0.306. The Morgan fingerprint density at radius 3 is 2.00 bits per heavy atom. The van der Waals surface area contributed by atoms with Crippen LogP contribution in [0.4, 0.5) is 0 Å². The van der Waals surface area contributed by atoms with Crippen LogP contribution >= 0.6 is 0 Å². The van der Waals surface area contributed by atoms with Crippen molar-refractivity contribution in [1.82, 2.24) is 29.1 Å². The topological polar surface area (TPSA) is 53.5 Å². The van der Waals surface area contributed by atoms with Crippen molar-refractivity contribution in [3.8, 4) is 28.6 Å². The number of hydrogen-bond donors (Lipinski definition) is 0. The molecule has 170 valence electrons. The van der Waals surface area contributed by atoms with E-state index in [2.05, 4.69) is 82.4 Å². The number of nitrogens with zero attached hydrogens (tertiary/aromatic N) is 6. The lowest BCUT2D eigenvalue weighted by Crippen LogP contribution is -2.07. The number of rotatable bonds is 6. The molecule has 0 radical (unpaired) electrons. The van der Waals surface area contributed by atoms with Crippen molar-refractivity contribution in [2.75, 3.05) is 0 Å². The largest absolute Gasteiger partial charge is 0.277 e. The Bertz CT molecular complexity index is 1530. The second kappa shape index (κ2) is 8.91. The molecule has 0 spiro atoms. The van der Waals surface area contributed by atoms with E-state index in [4.69, 9.17) is 4.98 Å². The maximum Gasteiger partial charge on any atom is 0.236 e. The summed E-state index contributed by atoms with van der Waals surface area (Å²) >= 11 is 0. The van der Waals surface area contributed by atoms with Gasteiger partial charge in [0.15, 0.2) is 0 Å². The fourth-order valence-electron chi connectivity index (χ4n) is 4.48. The molecule has 0 aliphatic carbocycles. The fraction of sp³-hybridized carbons (Fsp3) is 0.0690. The molecule has 3 aromatic carbocycles. The lowest BCUT2D eigenvalue weighted by atomic mass is 9.94. The molecule has 6 rings (SSSR count).